The van der Waals surface area contributed by atoms with Crippen molar-refractivity contribution in [3.63, 3.8) is 0 Å². The van der Waals surface area contributed by atoms with Gasteiger partial charge in [0.15, 0.2) is 0 Å². The highest BCUT2D eigenvalue weighted by atomic mass is 35.5. The minimum atomic E-state index is -1.50. The Kier molecular flexibility index (Phi) is 16.0. The third kappa shape index (κ3) is 18.2. The largest absolute Gasteiger partial charge is 0.336 e. The maximum Gasteiger partial charge on any atom is 0.291 e. The van der Waals surface area contributed by atoms with E-state index in [1.807, 2.05) is 37.2 Å². The summed E-state index contributed by atoms with van der Waals surface area (Å²) in [5, 5.41) is 42.3. The van der Waals surface area contributed by atoms with Crippen LogP contribution in [0, 0.1) is 30.3 Å². The van der Waals surface area contributed by atoms with Crippen LogP contribution in [-0.2, 0) is 19.6 Å². The van der Waals surface area contributed by atoms with Gasteiger partial charge >= 0.3 is 0 Å². The first-order valence-electron chi connectivity index (χ1n) is 9.48. The average molecular weight is 553 g/mol. The summed E-state index contributed by atoms with van der Waals surface area (Å²) in [6.07, 6.45) is 11.2. The molecule has 0 amide bonds. The molecule has 19 heteroatoms. The third-order valence-corrected chi connectivity index (χ3v) is 4.46. The van der Waals surface area contributed by atoms with Crippen molar-refractivity contribution in [2.24, 2.45) is 0 Å². The molecular weight excluding hydrogens is 531 g/mol. The molecule has 0 radical (unpaired) electrons. The van der Waals surface area contributed by atoms with Crippen LogP contribution in [0.25, 0.3) is 0 Å². The van der Waals surface area contributed by atoms with Gasteiger partial charge in [-0.15, -0.1) is 30.3 Å². The number of hydrogen-bond donors (Lipinski definition) is 3. The van der Waals surface area contributed by atoms with E-state index >= 15 is 0 Å². The summed E-state index contributed by atoms with van der Waals surface area (Å²) in [5.41, 5.74) is 1.08. The first-order chi connectivity index (χ1) is 16.9. The molecule has 36 heavy (non-hydrogen) atoms. The van der Waals surface area contributed by atoms with E-state index in [1.54, 1.807) is 18.5 Å². The summed E-state index contributed by atoms with van der Waals surface area (Å²) in [4.78, 5) is 35.6. The molecule has 1 aromatic carbocycles. The van der Waals surface area contributed by atoms with E-state index in [9.17, 15) is 0 Å². The van der Waals surface area contributed by atoms with Crippen LogP contribution >= 0.6 is 23.2 Å². The molecule has 0 saturated heterocycles. The summed E-state index contributed by atoms with van der Waals surface area (Å²) in [5.74, 6) is 0. The van der Waals surface area contributed by atoms with Gasteiger partial charge in [0, 0.05) is 67.6 Å². The summed E-state index contributed by atoms with van der Waals surface area (Å²) < 4.78 is 4.15. The molecule has 0 atom stereocenters. The van der Waals surface area contributed by atoms with Crippen LogP contribution in [0.5, 0.6) is 0 Å². The Balaban J connectivity index is 0.000000857. The lowest BCUT2D eigenvalue weighted by Gasteiger charge is -2.23. The predicted molar refractivity (Wildman–Crippen MR) is 123 cm³/mol. The third-order valence-electron chi connectivity index (χ3n) is 3.88. The Morgan fingerprint density at radius 2 is 1.25 bits per heavy atom. The average Bonchev–Trinajstić information content (AvgIpc) is 3.45. The van der Waals surface area contributed by atoms with Crippen molar-refractivity contribution in [1.82, 2.24) is 24.0 Å². The van der Waals surface area contributed by atoms with Crippen LogP contribution in [0.15, 0.2) is 55.6 Å². The van der Waals surface area contributed by atoms with Crippen molar-refractivity contribution < 1.29 is 30.9 Å². The van der Waals surface area contributed by atoms with Gasteiger partial charge in [0.25, 0.3) is 15.3 Å². The van der Waals surface area contributed by atoms with E-state index in [0.717, 1.165) is 38.3 Å². The van der Waals surface area contributed by atoms with Crippen LogP contribution in [0.3, 0.4) is 0 Å². The summed E-state index contributed by atoms with van der Waals surface area (Å²) in [7, 11) is 0. The first-order valence-corrected chi connectivity index (χ1v) is 10.2. The number of aromatic nitrogens is 4. The number of imidazole rings is 2. The van der Waals surface area contributed by atoms with Crippen molar-refractivity contribution in [3.05, 3.63) is 102 Å². The quantitative estimate of drug-likeness (QED) is 0.270. The van der Waals surface area contributed by atoms with Gasteiger partial charge in [0.1, 0.15) is 0 Å². The predicted octanol–water partition coefficient (Wildman–Crippen LogP) is 2.55. The van der Waals surface area contributed by atoms with E-state index in [-0.39, 0.29) is 0 Å². The van der Waals surface area contributed by atoms with E-state index in [1.165, 1.54) is 0 Å². The molecule has 0 fully saturated rings. The molecule has 17 nitrogen and oxygen atoms in total. The van der Waals surface area contributed by atoms with Gasteiger partial charge in [-0.3, -0.25) is 4.90 Å². The molecule has 0 saturated carbocycles. The lowest BCUT2D eigenvalue weighted by molar-refractivity contribution is -0.742. The Morgan fingerprint density at radius 3 is 1.58 bits per heavy atom. The molecule has 0 aliphatic rings. The van der Waals surface area contributed by atoms with E-state index < -0.39 is 15.3 Å². The monoisotopic (exact) mass is 552 g/mol. The first kappa shape index (κ1) is 31.8. The molecule has 0 spiro atoms. The molecule has 2 aromatic heterocycles. The lowest BCUT2D eigenvalue weighted by Crippen LogP contribution is -2.30. The Hall–Kier alpha value is -4.22. The normalized spacial score (nSPS) is 9.53. The molecule has 198 valence electrons. The van der Waals surface area contributed by atoms with Crippen molar-refractivity contribution in [2.45, 2.75) is 19.6 Å². The van der Waals surface area contributed by atoms with Crippen LogP contribution in [0.1, 0.15) is 5.56 Å². The molecule has 0 aliphatic heterocycles. The van der Waals surface area contributed by atoms with Gasteiger partial charge in [0.05, 0.1) is 12.7 Å². The zero-order valence-corrected chi connectivity index (χ0v) is 19.9. The minimum absolute atomic E-state index is 0.659. The second-order valence-electron chi connectivity index (χ2n) is 6.33. The lowest BCUT2D eigenvalue weighted by atomic mass is 10.2. The fraction of sp³-hybridized carbons (Fsp3) is 0.294. The van der Waals surface area contributed by atoms with Crippen molar-refractivity contribution in [1.29, 1.82) is 0 Å². The smallest absolute Gasteiger partial charge is 0.291 e. The fourth-order valence-corrected chi connectivity index (χ4v) is 2.98. The molecule has 0 bridgehead atoms. The van der Waals surface area contributed by atoms with Gasteiger partial charge in [-0.05, 0) is 17.7 Å². The van der Waals surface area contributed by atoms with Crippen LogP contribution in [-0.4, -0.2) is 68.0 Å². The Bertz CT molecular complexity index is 960. The molecule has 0 unspecified atom stereocenters. The molecule has 0 aliphatic carbocycles. The second kappa shape index (κ2) is 18.2. The van der Waals surface area contributed by atoms with E-state index in [2.05, 4.69) is 24.0 Å². The van der Waals surface area contributed by atoms with Crippen molar-refractivity contribution >= 4 is 23.2 Å². The Labute approximate surface area is 212 Å². The molecule has 3 aromatic rings. The maximum absolute atomic E-state index is 8.36. The van der Waals surface area contributed by atoms with Gasteiger partial charge in [0.2, 0.25) is 0 Å². The van der Waals surface area contributed by atoms with Gasteiger partial charge in [-0.2, -0.15) is 0 Å². The fourth-order valence-electron chi connectivity index (χ4n) is 2.51. The summed E-state index contributed by atoms with van der Waals surface area (Å²) >= 11 is 12.3. The van der Waals surface area contributed by atoms with Crippen LogP contribution in [0.2, 0.25) is 10.0 Å². The molecule has 3 rings (SSSR count). The van der Waals surface area contributed by atoms with Crippen LogP contribution < -0.4 is 0 Å². The summed E-state index contributed by atoms with van der Waals surface area (Å²) in [6.45, 7) is 4.36. The molecule has 2 heterocycles. The highest BCUT2D eigenvalue weighted by molar-refractivity contribution is 6.35. The maximum atomic E-state index is 8.36. The Morgan fingerprint density at radius 1 is 0.833 bits per heavy atom. The summed E-state index contributed by atoms with van der Waals surface area (Å²) in [6, 6.07) is 5.67. The van der Waals surface area contributed by atoms with Crippen molar-refractivity contribution in [3.8, 4) is 0 Å². The second-order valence-corrected chi connectivity index (χ2v) is 7.17. The van der Waals surface area contributed by atoms with Gasteiger partial charge in [-0.1, -0.05) is 29.3 Å². The zero-order chi connectivity index (χ0) is 27.5. The number of hydrogen-bond acceptors (Lipinski definition) is 9. The van der Waals surface area contributed by atoms with Gasteiger partial charge in [-0.25, -0.2) is 9.97 Å². The van der Waals surface area contributed by atoms with Crippen molar-refractivity contribution in [2.75, 3.05) is 13.1 Å². The number of halogens is 2. The van der Waals surface area contributed by atoms with E-state index in [0.29, 0.717) is 10.0 Å². The molecular formula is C17H22Cl2N8O9. The standard InChI is InChI=1S/C17H19Cl2N5.3HNO3/c18-16-2-1-15(17(19)11-16)12-22(7-9-23-5-3-20-13-23)8-10-24-6-4-21-14-24;3*2-1(3)4/h1-6,11,13-14H,7-10,12H2;3*(H,2,3,4). The topological polar surface area (TPSA) is 229 Å². The van der Waals surface area contributed by atoms with Gasteiger partial charge < -0.3 is 24.8 Å². The van der Waals surface area contributed by atoms with E-state index in [4.69, 9.17) is 69.2 Å². The number of benzene rings is 1. The number of rotatable bonds is 8. The van der Waals surface area contributed by atoms with Crippen LogP contribution in [0.4, 0.5) is 0 Å². The highest BCUT2D eigenvalue weighted by Gasteiger charge is 2.10. The zero-order valence-electron chi connectivity index (χ0n) is 18.4. The molecule has 3 N–H and O–H groups in total. The number of nitrogens with zero attached hydrogens (tertiary/aromatic N) is 8. The SMILES string of the molecule is Clc1ccc(CN(CCn2ccnc2)CCn2ccnc2)c(Cl)c1.O=[N+]([O-])O.O=[N+]([O-])O.O=[N+]([O-])O. The highest BCUT2D eigenvalue weighted by Crippen LogP contribution is 2.22. The minimum Gasteiger partial charge on any atom is -0.336 e.